The molecule has 0 aliphatic heterocycles. The minimum Gasteiger partial charge on any atom is -0.461 e. The molecule has 1 aromatic rings. The Balaban J connectivity index is 2.64. The second kappa shape index (κ2) is 6.92. The summed E-state index contributed by atoms with van der Waals surface area (Å²) in [6, 6.07) is 0.226. The maximum Gasteiger partial charge on any atom is 0.322 e. The summed E-state index contributed by atoms with van der Waals surface area (Å²) in [6.07, 6.45) is 0.715. The second-order valence-electron chi connectivity index (χ2n) is 3.48. The van der Waals surface area contributed by atoms with Crippen LogP contribution in [0.4, 0.5) is 5.95 Å². The second-order valence-corrected chi connectivity index (χ2v) is 3.82. The van der Waals surface area contributed by atoms with Crippen molar-refractivity contribution in [3.05, 3.63) is 5.28 Å². The van der Waals surface area contributed by atoms with Crippen LogP contribution in [0.25, 0.3) is 0 Å². The Morgan fingerprint density at radius 1 is 1.35 bits per heavy atom. The molecule has 1 aromatic heterocycles. The molecular formula is C11H15ClN4O. The van der Waals surface area contributed by atoms with E-state index in [-0.39, 0.29) is 17.4 Å². The molecule has 1 rings (SSSR count). The van der Waals surface area contributed by atoms with E-state index < -0.39 is 0 Å². The first-order chi connectivity index (χ1) is 8.11. The van der Waals surface area contributed by atoms with Crippen LogP contribution in [0, 0.1) is 11.8 Å². The van der Waals surface area contributed by atoms with E-state index in [1.165, 1.54) is 0 Å². The lowest BCUT2D eigenvalue weighted by Crippen LogP contribution is -2.11. The first-order valence-corrected chi connectivity index (χ1v) is 5.71. The molecule has 1 N–H and O–H groups in total. The lowest BCUT2D eigenvalue weighted by atomic mass is 10.4. The fourth-order valence-corrected chi connectivity index (χ4v) is 1.19. The molecule has 0 radical (unpaired) electrons. The Kier molecular flexibility index (Phi) is 5.50. The number of aromatic nitrogens is 3. The van der Waals surface area contributed by atoms with Gasteiger partial charge >= 0.3 is 6.01 Å². The normalized spacial score (nSPS) is 9.71. The van der Waals surface area contributed by atoms with E-state index in [9.17, 15) is 0 Å². The van der Waals surface area contributed by atoms with Crippen LogP contribution < -0.4 is 10.1 Å². The zero-order chi connectivity index (χ0) is 12.7. The van der Waals surface area contributed by atoms with Gasteiger partial charge in [-0.15, -0.1) is 11.8 Å². The van der Waals surface area contributed by atoms with Gasteiger partial charge in [0.1, 0.15) is 0 Å². The number of halogens is 1. The van der Waals surface area contributed by atoms with Crippen molar-refractivity contribution >= 4 is 17.5 Å². The minimum atomic E-state index is -0.00715. The van der Waals surface area contributed by atoms with Gasteiger partial charge in [0.15, 0.2) is 0 Å². The van der Waals surface area contributed by atoms with E-state index in [1.54, 1.807) is 6.92 Å². The highest BCUT2D eigenvalue weighted by molar-refractivity contribution is 6.28. The lowest BCUT2D eigenvalue weighted by Gasteiger charge is -2.09. The third kappa shape index (κ3) is 5.36. The summed E-state index contributed by atoms with van der Waals surface area (Å²) in [5, 5.41) is 3.12. The maximum atomic E-state index is 5.76. The number of ether oxygens (including phenoxy) is 1. The zero-order valence-electron chi connectivity index (χ0n) is 10.1. The van der Waals surface area contributed by atoms with Gasteiger partial charge in [0.2, 0.25) is 11.2 Å². The molecule has 0 saturated heterocycles. The van der Waals surface area contributed by atoms with Gasteiger partial charge in [-0.25, -0.2) is 0 Å². The summed E-state index contributed by atoms with van der Waals surface area (Å²) in [5.41, 5.74) is 0. The fraction of sp³-hybridized carbons (Fsp3) is 0.545. The monoisotopic (exact) mass is 254 g/mol. The molecule has 0 aliphatic carbocycles. The molecule has 1 heterocycles. The highest BCUT2D eigenvalue weighted by Gasteiger charge is 2.06. The van der Waals surface area contributed by atoms with Crippen molar-refractivity contribution in [2.24, 2.45) is 0 Å². The summed E-state index contributed by atoms with van der Waals surface area (Å²) in [5.74, 6) is 6.14. The van der Waals surface area contributed by atoms with Gasteiger partial charge in [0.05, 0.1) is 6.10 Å². The van der Waals surface area contributed by atoms with Crippen molar-refractivity contribution in [2.45, 2.75) is 33.3 Å². The van der Waals surface area contributed by atoms with Gasteiger partial charge in [-0.3, -0.25) is 0 Å². The predicted molar refractivity (Wildman–Crippen MR) is 67.2 cm³/mol. The van der Waals surface area contributed by atoms with Gasteiger partial charge in [0.25, 0.3) is 0 Å². The first-order valence-electron chi connectivity index (χ1n) is 5.33. The number of rotatable bonds is 5. The fourth-order valence-electron chi connectivity index (χ4n) is 1.04. The average molecular weight is 255 g/mol. The largest absolute Gasteiger partial charge is 0.461 e. The van der Waals surface area contributed by atoms with E-state index in [4.69, 9.17) is 16.3 Å². The van der Waals surface area contributed by atoms with Crippen molar-refractivity contribution in [1.82, 2.24) is 15.0 Å². The number of nitrogens with one attached hydrogen (secondary N) is 1. The van der Waals surface area contributed by atoms with Crippen molar-refractivity contribution < 1.29 is 4.74 Å². The van der Waals surface area contributed by atoms with Crippen molar-refractivity contribution in [3.8, 4) is 17.9 Å². The Labute approximate surface area is 106 Å². The Morgan fingerprint density at radius 3 is 2.76 bits per heavy atom. The number of anilines is 1. The highest BCUT2D eigenvalue weighted by atomic mass is 35.5. The summed E-state index contributed by atoms with van der Waals surface area (Å²) in [4.78, 5) is 11.9. The molecule has 0 saturated carbocycles. The van der Waals surface area contributed by atoms with Gasteiger partial charge in [-0.1, -0.05) is 0 Å². The van der Waals surface area contributed by atoms with E-state index >= 15 is 0 Å². The van der Waals surface area contributed by atoms with Crippen LogP contribution in [0.2, 0.25) is 5.28 Å². The number of hydrogen-bond donors (Lipinski definition) is 1. The summed E-state index contributed by atoms with van der Waals surface area (Å²) in [6.45, 7) is 6.24. The van der Waals surface area contributed by atoms with Crippen molar-refractivity contribution in [1.29, 1.82) is 0 Å². The third-order valence-corrected chi connectivity index (χ3v) is 1.81. The smallest absolute Gasteiger partial charge is 0.322 e. The molecule has 0 amide bonds. The van der Waals surface area contributed by atoms with Crippen LogP contribution in [-0.4, -0.2) is 27.6 Å². The van der Waals surface area contributed by atoms with Crippen LogP contribution in [0.5, 0.6) is 6.01 Å². The van der Waals surface area contributed by atoms with Crippen LogP contribution in [0.3, 0.4) is 0 Å². The van der Waals surface area contributed by atoms with E-state index in [1.807, 2.05) is 13.8 Å². The van der Waals surface area contributed by atoms with Crippen LogP contribution in [0.15, 0.2) is 0 Å². The maximum absolute atomic E-state index is 5.76. The average Bonchev–Trinajstić information content (AvgIpc) is 2.22. The summed E-state index contributed by atoms with van der Waals surface area (Å²) in [7, 11) is 0. The molecule has 0 spiro atoms. The zero-order valence-corrected chi connectivity index (χ0v) is 10.9. The summed E-state index contributed by atoms with van der Waals surface area (Å²) >= 11 is 5.76. The Morgan fingerprint density at radius 2 is 2.12 bits per heavy atom. The molecule has 0 aromatic carbocycles. The SMILES string of the molecule is CC#CCCNc1nc(Cl)nc(OC(C)C)n1. The molecule has 0 unspecified atom stereocenters. The molecule has 17 heavy (non-hydrogen) atoms. The number of nitrogens with zero attached hydrogens (tertiary/aromatic N) is 3. The van der Waals surface area contributed by atoms with Crippen LogP contribution in [-0.2, 0) is 0 Å². The summed E-state index contributed by atoms with van der Waals surface area (Å²) < 4.78 is 5.35. The number of hydrogen-bond acceptors (Lipinski definition) is 5. The standard InChI is InChI=1S/C11H15ClN4O/c1-4-5-6-7-13-10-14-9(12)15-11(16-10)17-8(2)3/h8H,6-7H2,1-3H3,(H,13,14,15,16). The van der Waals surface area contributed by atoms with Crippen molar-refractivity contribution in [2.75, 3.05) is 11.9 Å². The molecule has 0 aliphatic rings. The minimum absolute atomic E-state index is 0.00715. The van der Waals surface area contributed by atoms with Crippen LogP contribution in [0.1, 0.15) is 27.2 Å². The molecule has 6 heteroatoms. The molecule has 0 bridgehead atoms. The van der Waals surface area contributed by atoms with Crippen LogP contribution >= 0.6 is 11.6 Å². The van der Waals surface area contributed by atoms with E-state index in [0.29, 0.717) is 12.5 Å². The van der Waals surface area contributed by atoms with Gasteiger partial charge in [0, 0.05) is 13.0 Å². The highest BCUT2D eigenvalue weighted by Crippen LogP contribution is 2.12. The topological polar surface area (TPSA) is 59.9 Å². The van der Waals surface area contributed by atoms with Gasteiger partial charge in [-0.2, -0.15) is 15.0 Å². The molecular weight excluding hydrogens is 240 g/mol. The van der Waals surface area contributed by atoms with Gasteiger partial charge in [-0.05, 0) is 32.4 Å². The lowest BCUT2D eigenvalue weighted by molar-refractivity contribution is 0.222. The molecule has 5 nitrogen and oxygen atoms in total. The predicted octanol–water partition coefficient (Wildman–Crippen LogP) is 2.14. The quantitative estimate of drug-likeness (QED) is 0.644. The molecule has 0 fully saturated rings. The van der Waals surface area contributed by atoms with Crippen molar-refractivity contribution in [3.63, 3.8) is 0 Å². The third-order valence-electron chi connectivity index (χ3n) is 1.64. The Hall–Kier alpha value is -1.54. The van der Waals surface area contributed by atoms with Gasteiger partial charge < -0.3 is 10.1 Å². The first kappa shape index (κ1) is 13.5. The van der Waals surface area contributed by atoms with E-state index in [0.717, 1.165) is 6.42 Å². The molecule has 0 atom stereocenters. The Bertz CT molecular complexity index is 425. The molecule has 92 valence electrons. The van der Waals surface area contributed by atoms with E-state index in [2.05, 4.69) is 32.1 Å².